The first kappa shape index (κ1) is 18.9. The molecule has 19 heavy (non-hydrogen) atoms. The predicted molar refractivity (Wildman–Crippen MR) is 79.6 cm³/mol. The normalized spacial score (nSPS) is 11.7. The number of carbonyl (C=O) groups is 1. The second-order valence-electron chi connectivity index (χ2n) is 3.84. The van der Waals surface area contributed by atoms with E-state index < -0.39 is 14.8 Å². The molecule has 0 aliphatic rings. The van der Waals surface area contributed by atoms with E-state index in [0.717, 1.165) is 18.2 Å². The molecule has 0 spiro atoms. The molecule has 0 aromatic rings. The van der Waals surface area contributed by atoms with E-state index in [4.69, 9.17) is 18.4 Å². The van der Waals surface area contributed by atoms with Crippen molar-refractivity contribution in [3.8, 4) is 0 Å². The van der Waals surface area contributed by atoms with E-state index in [-0.39, 0.29) is 6.42 Å². The topological polar surface area (TPSA) is 65.0 Å². The summed E-state index contributed by atoms with van der Waals surface area (Å²) >= 11 is 1.65. The van der Waals surface area contributed by atoms with Crippen LogP contribution >= 0.6 is 11.8 Å². The van der Waals surface area contributed by atoms with Crippen molar-refractivity contribution < 1.29 is 23.2 Å². The first-order valence-corrected chi connectivity index (χ1v) is 9.90. The third kappa shape index (κ3) is 9.45. The average Bonchev–Trinajstić information content (AvgIpc) is 2.34. The summed E-state index contributed by atoms with van der Waals surface area (Å²) in [5.74, 6) is 0.825. The first-order chi connectivity index (χ1) is 9.10. The van der Waals surface area contributed by atoms with E-state index in [1.807, 2.05) is 20.8 Å². The van der Waals surface area contributed by atoms with Crippen molar-refractivity contribution >= 4 is 26.5 Å². The minimum atomic E-state index is -2.51. The minimum Gasteiger partial charge on any atom is -0.481 e. The van der Waals surface area contributed by atoms with Crippen LogP contribution in [0.15, 0.2) is 0 Å². The van der Waals surface area contributed by atoms with Crippen molar-refractivity contribution in [3.63, 3.8) is 0 Å². The zero-order valence-corrected chi connectivity index (χ0v) is 14.0. The largest absolute Gasteiger partial charge is 0.500 e. The van der Waals surface area contributed by atoms with Crippen LogP contribution in [-0.2, 0) is 18.1 Å². The van der Waals surface area contributed by atoms with Gasteiger partial charge in [-0.1, -0.05) is 0 Å². The van der Waals surface area contributed by atoms with Gasteiger partial charge in [0.1, 0.15) is 0 Å². The Bertz CT molecular complexity index is 223. The number of hydrogen-bond donors (Lipinski definition) is 1. The molecule has 0 bridgehead atoms. The van der Waals surface area contributed by atoms with Gasteiger partial charge in [0.25, 0.3) is 0 Å². The van der Waals surface area contributed by atoms with Crippen molar-refractivity contribution in [2.24, 2.45) is 0 Å². The predicted octanol–water partition coefficient (Wildman–Crippen LogP) is 2.63. The summed E-state index contributed by atoms with van der Waals surface area (Å²) in [5, 5.41) is 8.54. The van der Waals surface area contributed by atoms with Crippen LogP contribution in [0.25, 0.3) is 0 Å². The van der Waals surface area contributed by atoms with Crippen molar-refractivity contribution in [3.05, 3.63) is 0 Å². The van der Waals surface area contributed by atoms with Gasteiger partial charge >= 0.3 is 14.8 Å². The number of hydrogen-bond acceptors (Lipinski definition) is 5. The Hall–Kier alpha value is -0.0831. The maximum absolute atomic E-state index is 10.4. The molecule has 0 radical (unpaired) electrons. The van der Waals surface area contributed by atoms with Gasteiger partial charge in [-0.3, -0.25) is 4.79 Å². The van der Waals surface area contributed by atoms with Crippen LogP contribution in [0.2, 0.25) is 6.04 Å². The molecule has 0 saturated carbocycles. The molecule has 0 atom stereocenters. The first-order valence-electron chi connectivity index (χ1n) is 6.81. The number of thioether (sulfide) groups is 1. The van der Waals surface area contributed by atoms with Gasteiger partial charge in [0, 0.05) is 31.6 Å². The highest BCUT2D eigenvalue weighted by molar-refractivity contribution is 7.99. The Morgan fingerprint density at radius 2 is 1.58 bits per heavy atom. The molecule has 7 heteroatoms. The lowest BCUT2D eigenvalue weighted by Crippen LogP contribution is -2.46. The highest BCUT2D eigenvalue weighted by Gasteiger charge is 2.39. The van der Waals surface area contributed by atoms with Crippen molar-refractivity contribution in [1.82, 2.24) is 0 Å². The second kappa shape index (κ2) is 11.7. The smallest absolute Gasteiger partial charge is 0.481 e. The zero-order valence-electron chi connectivity index (χ0n) is 12.1. The molecular formula is C12H26O5SSi. The Balaban J connectivity index is 3.99. The molecule has 0 heterocycles. The van der Waals surface area contributed by atoms with Gasteiger partial charge < -0.3 is 18.4 Å². The lowest BCUT2D eigenvalue weighted by molar-refractivity contribution is -0.136. The minimum absolute atomic E-state index is 0.218. The Morgan fingerprint density at radius 1 is 1.05 bits per heavy atom. The van der Waals surface area contributed by atoms with E-state index >= 15 is 0 Å². The van der Waals surface area contributed by atoms with Gasteiger partial charge in [-0.25, -0.2) is 0 Å². The van der Waals surface area contributed by atoms with Gasteiger partial charge in [-0.05, 0) is 32.9 Å². The number of carboxylic acid groups (broad SMARTS) is 1. The molecule has 0 unspecified atom stereocenters. The number of rotatable bonds is 13. The van der Waals surface area contributed by atoms with Crippen LogP contribution in [0, 0.1) is 0 Å². The van der Waals surface area contributed by atoms with Gasteiger partial charge in [0.05, 0.1) is 6.42 Å². The van der Waals surface area contributed by atoms with Crippen molar-refractivity contribution in [1.29, 1.82) is 0 Å². The van der Waals surface area contributed by atoms with Crippen LogP contribution in [0.5, 0.6) is 0 Å². The van der Waals surface area contributed by atoms with Crippen LogP contribution in [-0.4, -0.2) is 51.2 Å². The third-order valence-electron chi connectivity index (χ3n) is 2.32. The van der Waals surface area contributed by atoms with Crippen molar-refractivity contribution in [2.75, 3.05) is 31.3 Å². The average molecular weight is 310 g/mol. The summed E-state index contributed by atoms with van der Waals surface area (Å²) in [4.78, 5) is 10.4. The van der Waals surface area contributed by atoms with E-state index in [1.54, 1.807) is 11.8 Å². The third-order valence-corrected chi connectivity index (χ3v) is 6.55. The van der Waals surface area contributed by atoms with Crippen LogP contribution in [0.1, 0.15) is 33.6 Å². The number of carboxylic acids is 1. The highest BCUT2D eigenvalue weighted by atomic mass is 32.2. The molecular weight excluding hydrogens is 284 g/mol. The lowest BCUT2D eigenvalue weighted by atomic mass is 10.5. The summed E-state index contributed by atoms with van der Waals surface area (Å²) in [5.41, 5.74) is 0. The SMILES string of the molecule is CCO[Si](CCCSCCC(=O)O)(OCC)OCC. The fourth-order valence-electron chi connectivity index (χ4n) is 1.65. The molecule has 0 aliphatic carbocycles. The summed E-state index contributed by atoms with van der Waals surface area (Å²) in [6, 6.07) is 0.794. The second-order valence-corrected chi connectivity index (χ2v) is 7.80. The summed E-state index contributed by atoms with van der Waals surface area (Å²) in [6.07, 6.45) is 1.14. The fraction of sp³-hybridized carbons (Fsp3) is 0.917. The van der Waals surface area contributed by atoms with Gasteiger partial charge in [0.2, 0.25) is 0 Å². The molecule has 5 nitrogen and oxygen atoms in total. The lowest BCUT2D eigenvalue weighted by Gasteiger charge is -2.28. The molecule has 0 rings (SSSR count). The summed E-state index contributed by atoms with van der Waals surface area (Å²) in [7, 11) is -2.51. The maximum Gasteiger partial charge on any atom is 0.500 e. The molecule has 114 valence electrons. The summed E-state index contributed by atoms with van der Waals surface area (Å²) < 4.78 is 17.2. The monoisotopic (exact) mass is 310 g/mol. The van der Waals surface area contributed by atoms with Crippen LogP contribution in [0.4, 0.5) is 0 Å². The standard InChI is InChI=1S/C12H26O5SSi/c1-4-15-19(16-5-2,17-6-3)11-7-9-18-10-8-12(13)14/h4-11H2,1-3H3,(H,13,14). The Kier molecular flexibility index (Phi) is 11.7. The van der Waals surface area contributed by atoms with Crippen molar-refractivity contribution in [2.45, 2.75) is 39.7 Å². The Morgan fingerprint density at radius 3 is 2.00 bits per heavy atom. The van der Waals surface area contributed by atoms with E-state index in [9.17, 15) is 4.79 Å². The van der Waals surface area contributed by atoms with Gasteiger partial charge in [0.15, 0.2) is 0 Å². The molecule has 0 aromatic carbocycles. The van der Waals surface area contributed by atoms with Crippen LogP contribution < -0.4 is 0 Å². The van der Waals surface area contributed by atoms with Gasteiger partial charge in [-0.2, -0.15) is 11.8 Å². The molecule has 0 fully saturated rings. The molecule has 1 N–H and O–H groups in total. The highest BCUT2D eigenvalue weighted by Crippen LogP contribution is 2.20. The zero-order chi connectivity index (χ0) is 14.6. The Labute approximate surface area is 121 Å². The van der Waals surface area contributed by atoms with E-state index in [2.05, 4.69) is 0 Å². The fourth-order valence-corrected chi connectivity index (χ4v) is 5.39. The molecule has 0 aromatic heterocycles. The molecule has 0 amide bonds. The summed E-state index contributed by atoms with van der Waals surface area (Å²) in [6.45, 7) is 7.62. The van der Waals surface area contributed by atoms with E-state index in [1.165, 1.54) is 0 Å². The molecule has 0 aliphatic heterocycles. The maximum atomic E-state index is 10.4. The quantitative estimate of drug-likeness (QED) is 0.417. The van der Waals surface area contributed by atoms with E-state index in [0.29, 0.717) is 25.6 Å². The van der Waals surface area contributed by atoms with Gasteiger partial charge in [-0.15, -0.1) is 0 Å². The molecule has 0 saturated heterocycles. The number of aliphatic carboxylic acids is 1. The van der Waals surface area contributed by atoms with Crippen LogP contribution in [0.3, 0.4) is 0 Å².